The van der Waals surface area contributed by atoms with Gasteiger partial charge in [-0.2, -0.15) is 0 Å². The van der Waals surface area contributed by atoms with E-state index in [-0.39, 0.29) is 18.1 Å². The van der Waals surface area contributed by atoms with Crippen molar-refractivity contribution >= 4 is 5.91 Å². The number of ether oxygens (including phenoxy) is 2. The van der Waals surface area contributed by atoms with Crippen molar-refractivity contribution in [1.82, 2.24) is 9.80 Å². The maximum atomic E-state index is 11.9. The SMILES string of the molecule is CN(C)C(=O)C[C@H]1CC[C@H]2[C@@H](COC[C@H](O)CN2CC2CC2)O1. The Balaban J connectivity index is 1.61. The second-order valence-corrected chi connectivity index (χ2v) is 7.52. The molecule has 2 heterocycles. The fourth-order valence-electron chi connectivity index (χ4n) is 3.67. The van der Waals surface area contributed by atoms with Gasteiger partial charge in [-0.05, 0) is 31.6 Å². The van der Waals surface area contributed by atoms with Crippen LogP contribution in [-0.4, -0.2) is 85.6 Å². The minimum absolute atomic E-state index is 0.00922. The summed E-state index contributed by atoms with van der Waals surface area (Å²) >= 11 is 0. The van der Waals surface area contributed by atoms with Gasteiger partial charge < -0.3 is 19.5 Å². The van der Waals surface area contributed by atoms with Gasteiger partial charge in [0.25, 0.3) is 0 Å². The minimum atomic E-state index is -0.414. The zero-order chi connectivity index (χ0) is 16.4. The summed E-state index contributed by atoms with van der Waals surface area (Å²) in [5, 5.41) is 10.1. The predicted molar refractivity (Wildman–Crippen MR) is 86.1 cm³/mol. The molecular weight excluding hydrogens is 296 g/mol. The first-order chi connectivity index (χ1) is 11.0. The Kier molecular flexibility index (Phi) is 5.57. The zero-order valence-electron chi connectivity index (χ0n) is 14.3. The molecule has 0 radical (unpaired) electrons. The number of aliphatic hydroxyl groups excluding tert-OH is 1. The van der Waals surface area contributed by atoms with Crippen LogP contribution in [0.2, 0.25) is 0 Å². The summed E-state index contributed by atoms with van der Waals surface area (Å²) in [5.41, 5.74) is 0. The van der Waals surface area contributed by atoms with Gasteiger partial charge in [-0.25, -0.2) is 0 Å². The summed E-state index contributed by atoms with van der Waals surface area (Å²) in [5.74, 6) is 0.904. The van der Waals surface area contributed by atoms with Crippen LogP contribution in [0.1, 0.15) is 32.1 Å². The Morgan fingerprint density at radius 1 is 1.22 bits per heavy atom. The standard InChI is InChI=1S/C17H30N2O4/c1-18(2)17(21)7-14-5-6-15-16(23-14)11-22-10-13(20)9-19(15)8-12-3-4-12/h12-16,20H,3-11H2,1-2H3/t13-,14-,15+,16-/m1/s1. The summed E-state index contributed by atoms with van der Waals surface area (Å²) in [7, 11) is 3.57. The molecule has 0 unspecified atom stereocenters. The van der Waals surface area contributed by atoms with E-state index >= 15 is 0 Å². The molecule has 3 rings (SSSR count). The predicted octanol–water partition coefficient (Wildman–Crippen LogP) is 0.484. The lowest BCUT2D eigenvalue weighted by atomic mass is 9.94. The lowest BCUT2D eigenvalue weighted by molar-refractivity contribution is -0.159. The second-order valence-electron chi connectivity index (χ2n) is 7.52. The van der Waals surface area contributed by atoms with Gasteiger partial charge in [-0.15, -0.1) is 0 Å². The first kappa shape index (κ1) is 17.1. The Morgan fingerprint density at radius 2 is 2.00 bits per heavy atom. The van der Waals surface area contributed by atoms with Crippen LogP contribution in [0.3, 0.4) is 0 Å². The Morgan fingerprint density at radius 3 is 2.70 bits per heavy atom. The largest absolute Gasteiger partial charge is 0.389 e. The monoisotopic (exact) mass is 326 g/mol. The molecule has 132 valence electrons. The molecule has 2 saturated heterocycles. The van der Waals surface area contributed by atoms with Gasteiger partial charge in [0.05, 0.1) is 37.9 Å². The third-order valence-corrected chi connectivity index (χ3v) is 5.18. The van der Waals surface area contributed by atoms with Crippen LogP contribution < -0.4 is 0 Å². The number of hydrogen-bond donors (Lipinski definition) is 1. The average molecular weight is 326 g/mol. The highest BCUT2D eigenvalue weighted by atomic mass is 16.5. The molecule has 0 spiro atoms. The molecule has 1 N–H and O–H groups in total. The molecule has 1 amide bonds. The average Bonchev–Trinajstić information content (AvgIpc) is 3.29. The molecule has 1 saturated carbocycles. The zero-order valence-corrected chi connectivity index (χ0v) is 14.3. The van der Waals surface area contributed by atoms with Crippen molar-refractivity contribution in [2.45, 2.75) is 56.5 Å². The van der Waals surface area contributed by atoms with Crippen LogP contribution in [0.15, 0.2) is 0 Å². The number of amides is 1. The van der Waals surface area contributed by atoms with Gasteiger partial charge in [0, 0.05) is 33.2 Å². The van der Waals surface area contributed by atoms with Crippen molar-refractivity contribution in [3.8, 4) is 0 Å². The summed E-state index contributed by atoms with van der Waals surface area (Å²) in [6.07, 6.45) is 4.56. The first-order valence-corrected chi connectivity index (χ1v) is 8.88. The number of aliphatic hydroxyl groups is 1. The minimum Gasteiger partial charge on any atom is -0.389 e. The van der Waals surface area contributed by atoms with E-state index in [4.69, 9.17) is 9.47 Å². The molecule has 1 aliphatic carbocycles. The molecule has 4 atom stereocenters. The number of rotatable bonds is 4. The van der Waals surface area contributed by atoms with Crippen molar-refractivity contribution < 1.29 is 19.4 Å². The normalized spacial score (nSPS) is 36.0. The number of nitrogens with zero attached hydrogens (tertiary/aromatic N) is 2. The Bertz CT molecular complexity index is 413. The van der Waals surface area contributed by atoms with Crippen molar-refractivity contribution in [2.24, 2.45) is 5.92 Å². The molecular formula is C17H30N2O4. The van der Waals surface area contributed by atoms with Crippen LogP contribution in [0.5, 0.6) is 0 Å². The smallest absolute Gasteiger partial charge is 0.224 e. The number of β-amino-alcohol motifs (C(OH)–C–C–N with tert-alkyl or cyclic N) is 1. The van der Waals surface area contributed by atoms with E-state index in [1.165, 1.54) is 12.8 Å². The van der Waals surface area contributed by atoms with Gasteiger partial charge in [0.15, 0.2) is 0 Å². The van der Waals surface area contributed by atoms with Crippen molar-refractivity contribution in [1.29, 1.82) is 0 Å². The first-order valence-electron chi connectivity index (χ1n) is 8.88. The molecule has 6 nitrogen and oxygen atoms in total. The lowest BCUT2D eigenvalue weighted by Crippen LogP contribution is -2.56. The number of fused-ring (bicyclic) bond motifs is 1. The van der Waals surface area contributed by atoms with Crippen LogP contribution in [0, 0.1) is 5.92 Å². The van der Waals surface area contributed by atoms with E-state index in [9.17, 15) is 9.90 Å². The van der Waals surface area contributed by atoms with E-state index in [2.05, 4.69) is 4.90 Å². The molecule has 0 aromatic rings. The van der Waals surface area contributed by atoms with Gasteiger partial charge >= 0.3 is 0 Å². The van der Waals surface area contributed by atoms with Crippen molar-refractivity contribution in [3.63, 3.8) is 0 Å². The topological polar surface area (TPSA) is 62.2 Å². The number of carbonyl (C=O) groups is 1. The van der Waals surface area contributed by atoms with E-state index in [1.807, 2.05) is 0 Å². The Hall–Kier alpha value is -0.690. The van der Waals surface area contributed by atoms with Gasteiger partial charge in [0.2, 0.25) is 5.91 Å². The molecule has 3 aliphatic rings. The van der Waals surface area contributed by atoms with E-state index in [0.717, 1.165) is 25.3 Å². The van der Waals surface area contributed by atoms with E-state index in [1.54, 1.807) is 19.0 Å². The van der Waals surface area contributed by atoms with Gasteiger partial charge in [-0.3, -0.25) is 9.69 Å². The molecule has 0 aromatic carbocycles. The third kappa shape index (κ3) is 4.66. The van der Waals surface area contributed by atoms with E-state index < -0.39 is 6.10 Å². The van der Waals surface area contributed by atoms with Crippen LogP contribution in [-0.2, 0) is 14.3 Å². The highest BCUT2D eigenvalue weighted by Gasteiger charge is 2.39. The molecule has 23 heavy (non-hydrogen) atoms. The fourth-order valence-corrected chi connectivity index (χ4v) is 3.67. The summed E-state index contributed by atoms with van der Waals surface area (Å²) in [6.45, 7) is 2.61. The van der Waals surface area contributed by atoms with Crippen molar-refractivity contribution in [2.75, 3.05) is 40.4 Å². The lowest BCUT2D eigenvalue weighted by Gasteiger charge is -2.44. The molecule has 3 fully saturated rings. The molecule has 0 bridgehead atoms. The van der Waals surface area contributed by atoms with Crippen molar-refractivity contribution in [3.05, 3.63) is 0 Å². The maximum absolute atomic E-state index is 11.9. The molecule has 0 aromatic heterocycles. The van der Waals surface area contributed by atoms with Crippen LogP contribution in [0.4, 0.5) is 0 Å². The summed E-state index contributed by atoms with van der Waals surface area (Å²) in [6, 6.07) is 0.302. The number of hydrogen-bond acceptors (Lipinski definition) is 5. The summed E-state index contributed by atoms with van der Waals surface area (Å²) in [4.78, 5) is 16.0. The van der Waals surface area contributed by atoms with Crippen LogP contribution >= 0.6 is 0 Å². The van der Waals surface area contributed by atoms with Gasteiger partial charge in [0.1, 0.15) is 0 Å². The van der Waals surface area contributed by atoms with E-state index in [0.29, 0.717) is 32.2 Å². The molecule has 2 aliphatic heterocycles. The quantitative estimate of drug-likeness (QED) is 0.814. The summed E-state index contributed by atoms with van der Waals surface area (Å²) < 4.78 is 11.8. The maximum Gasteiger partial charge on any atom is 0.224 e. The van der Waals surface area contributed by atoms with Gasteiger partial charge in [-0.1, -0.05) is 0 Å². The number of carbonyl (C=O) groups excluding carboxylic acids is 1. The van der Waals surface area contributed by atoms with Crippen LogP contribution in [0.25, 0.3) is 0 Å². The third-order valence-electron chi connectivity index (χ3n) is 5.18. The Labute approximate surface area is 138 Å². The fraction of sp³-hybridized carbons (Fsp3) is 0.941. The second kappa shape index (κ2) is 7.47. The molecule has 6 heteroatoms. The highest BCUT2D eigenvalue weighted by molar-refractivity contribution is 5.76. The highest BCUT2D eigenvalue weighted by Crippen LogP contribution is 2.34.